The molecule has 10 nitrogen and oxygen atoms in total. The molecule has 2 heterocycles. The zero-order chi connectivity index (χ0) is 19.6. The molecule has 1 aliphatic rings. The van der Waals surface area contributed by atoms with Crippen molar-refractivity contribution in [2.24, 2.45) is 11.0 Å². The summed E-state index contributed by atoms with van der Waals surface area (Å²) in [6.07, 6.45) is 1.40. The van der Waals surface area contributed by atoms with Crippen molar-refractivity contribution < 1.29 is 24.0 Å². The van der Waals surface area contributed by atoms with Gasteiger partial charge in [-0.25, -0.2) is 4.98 Å². The van der Waals surface area contributed by atoms with E-state index in [9.17, 15) is 19.7 Å². The molecule has 0 saturated carbocycles. The summed E-state index contributed by atoms with van der Waals surface area (Å²) in [5.41, 5.74) is 0.510. The number of nitro groups is 1. The van der Waals surface area contributed by atoms with Gasteiger partial charge in [-0.15, -0.1) is 0 Å². The van der Waals surface area contributed by atoms with Crippen molar-refractivity contribution in [1.29, 1.82) is 0 Å². The predicted octanol–water partition coefficient (Wildman–Crippen LogP) is 1.94. The van der Waals surface area contributed by atoms with Crippen LogP contribution in [0.15, 0.2) is 47.7 Å². The number of carbonyl (C=O) groups is 2. The van der Waals surface area contributed by atoms with E-state index in [-0.39, 0.29) is 17.1 Å². The van der Waals surface area contributed by atoms with E-state index in [1.54, 1.807) is 12.1 Å². The van der Waals surface area contributed by atoms with E-state index in [1.807, 2.05) is 0 Å². The molecule has 1 atom stereocenters. The fourth-order valence-corrected chi connectivity index (χ4v) is 2.45. The van der Waals surface area contributed by atoms with Crippen LogP contribution >= 0.6 is 0 Å². The Balaban J connectivity index is 1.74. The van der Waals surface area contributed by atoms with Crippen LogP contribution in [0, 0.1) is 16.0 Å². The molecule has 0 saturated heterocycles. The first-order valence-electron chi connectivity index (χ1n) is 7.76. The van der Waals surface area contributed by atoms with Gasteiger partial charge in [-0.3, -0.25) is 19.7 Å². The highest BCUT2D eigenvalue weighted by atomic mass is 16.6. The van der Waals surface area contributed by atoms with Crippen molar-refractivity contribution in [2.45, 2.75) is 6.92 Å². The van der Waals surface area contributed by atoms with Gasteiger partial charge in [-0.2, -0.15) is 10.1 Å². The summed E-state index contributed by atoms with van der Waals surface area (Å²) in [6.45, 7) is 1.54. The highest BCUT2D eigenvalue weighted by molar-refractivity contribution is 6.25. The number of esters is 1. The number of anilines is 1. The van der Waals surface area contributed by atoms with Crippen molar-refractivity contribution in [1.82, 2.24) is 4.98 Å². The standard InChI is InChI=1S/C17H14N4O6/c1-10-15(17(23)27-13-6-3-11(4-7-13)21(24)25)16(22)20(19-10)12-5-8-14(26-2)18-9-12/h3-9,15H,1-2H3. The molecule has 1 amide bonds. The van der Waals surface area contributed by atoms with Gasteiger partial charge in [0.05, 0.1) is 29.6 Å². The Morgan fingerprint density at radius 2 is 1.93 bits per heavy atom. The van der Waals surface area contributed by atoms with Crippen LogP contribution in [0.3, 0.4) is 0 Å². The maximum atomic E-state index is 12.6. The smallest absolute Gasteiger partial charge is 0.329 e. The molecule has 0 bridgehead atoms. The SMILES string of the molecule is COc1ccc(N2N=C(C)C(C(=O)Oc3ccc([N+](=O)[O-])cc3)C2=O)cn1. The second kappa shape index (κ2) is 7.20. The highest BCUT2D eigenvalue weighted by Gasteiger charge is 2.41. The van der Waals surface area contributed by atoms with Crippen molar-refractivity contribution >= 4 is 29.0 Å². The number of non-ortho nitro benzene ring substituents is 1. The number of carbonyl (C=O) groups excluding carboxylic acids is 2. The lowest BCUT2D eigenvalue weighted by atomic mass is 10.1. The average Bonchev–Trinajstić information content (AvgIpc) is 2.96. The van der Waals surface area contributed by atoms with Crippen LogP contribution in [-0.2, 0) is 9.59 Å². The van der Waals surface area contributed by atoms with Gasteiger partial charge >= 0.3 is 5.97 Å². The fourth-order valence-electron chi connectivity index (χ4n) is 2.45. The molecule has 0 spiro atoms. The first kappa shape index (κ1) is 18.0. The number of pyridine rings is 1. The molecule has 2 aromatic rings. The molecule has 0 N–H and O–H groups in total. The molecular weight excluding hydrogens is 356 g/mol. The number of ether oxygens (including phenoxy) is 2. The zero-order valence-corrected chi connectivity index (χ0v) is 14.4. The summed E-state index contributed by atoms with van der Waals surface area (Å²) in [6, 6.07) is 8.13. The normalized spacial score (nSPS) is 16.1. The number of methoxy groups -OCH3 is 1. The lowest BCUT2D eigenvalue weighted by molar-refractivity contribution is -0.384. The quantitative estimate of drug-likeness (QED) is 0.259. The third kappa shape index (κ3) is 3.59. The van der Waals surface area contributed by atoms with E-state index < -0.39 is 22.7 Å². The second-order valence-corrected chi connectivity index (χ2v) is 5.56. The molecule has 1 aliphatic heterocycles. The van der Waals surface area contributed by atoms with Gasteiger partial charge < -0.3 is 9.47 Å². The Morgan fingerprint density at radius 1 is 1.22 bits per heavy atom. The Morgan fingerprint density at radius 3 is 2.48 bits per heavy atom. The van der Waals surface area contributed by atoms with Crippen molar-refractivity contribution in [3.05, 3.63) is 52.7 Å². The maximum absolute atomic E-state index is 12.6. The van der Waals surface area contributed by atoms with Gasteiger partial charge in [0.2, 0.25) is 5.88 Å². The molecule has 27 heavy (non-hydrogen) atoms. The highest BCUT2D eigenvalue weighted by Crippen LogP contribution is 2.26. The number of hydrogen-bond acceptors (Lipinski definition) is 8. The minimum atomic E-state index is -1.21. The topological polar surface area (TPSA) is 124 Å². The number of amides is 1. The molecule has 0 radical (unpaired) electrons. The molecule has 1 unspecified atom stereocenters. The number of aromatic nitrogens is 1. The Bertz CT molecular complexity index is 923. The molecule has 3 rings (SSSR count). The second-order valence-electron chi connectivity index (χ2n) is 5.56. The average molecular weight is 370 g/mol. The van der Waals surface area contributed by atoms with E-state index in [2.05, 4.69) is 10.1 Å². The molecule has 0 aliphatic carbocycles. The van der Waals surface area contributed by atoms with Crippen LogP contribution in [-0.4, -0.2) is 34.6 Å². The van der Waals surface area contributed by atoms with E-state index >= 15 is 0 Å². The Hall–Kier alpha value is -3.82. The minimum absolute atomic E-state index is 0.0933. The predicted molar refractivity (Wildman–Crippen MR) is 93.6 cm³/mol. The van der Waals surface area contributed by atoms with E-state index in [0.29, 0.717) is 11.6 Å². The fraction of sp³-hybridized carbons (Fsp3) is 0.176. The summed E-state index contributed by atoms with van der Waals surface area (Å²) in [7, 11) is 1.47. The lowest BCUT2D eigenvalue weighted by Crippen LogP contribution is -2.35. The van der Waals surface area contributed by atoms with Crippen LogP contribution in [0.25, 0.3) is 0 Å². The summed E-state index contributed by atoms with van der Waals surface area (Å²) in [5, 5.41) is 15.8. The summed E-state index contributed by atoms with van der Waals surface area (Å²) in [5.74, 6) is -2.14. The zero-order valence-electron chi connectivity index (χ0n) is 14.4. The van der Waals surface area contributed by atoms with E-state index in [0.717, 1.165) is 5.01 Å². The van der Waals surface area contributed by atoms with E-state index in [1.165, 1.54) is 44.5 Å². The molecular formula is C17H14N4O6. The first-order chi connectivity index (χ1) is 12.9. The van der Waals surface area contributed by atoms with Gasteiger partial charge in [-0.05, 0) is 25.1 Å². The number of hydrogen-bond donors (Lipinski definition) is 0. The Kier molecular flexibility index (Phi) is 4.79. The van der Waals surface area contributed by atoms with Gasteiger partial charge in [0.15, 0.2) is 5.92 Å². The van der Waals surface area contributed by atoms with Gasteiger partial charge in [0.25, 0.3) is 11.6 Å². The van der Waals surface area contributed by atoms with Crippen molar-refractivity contribution in [3.8, 4) is 11.6 Å². The summed E-state index contributed by atoms with van der Waals surface area (Å²) in [4.78, 5) is 39.1. The van der Waals surface area contributed by atoms with Crippen LogP contribution in [0.5, 0.6) is 11.6 Å². The molecule has 0 fully saturated rings. The third-order valence-corrected chi connectivity index (χ3v) is 3.81. The lowest BCUT2D eigenvalue weighted by Gasteiger charge is -2.14. The number of nitro benzene ring substituents is 1. The van der Waals surface area contributed by atoms with Crippen molar-refractivity contribution in [2.75, 3.05) is 12.1 Å². The van der Waals surface area contributed by atoms with Crippen LogP contribution in [0.1, 0.15) is 6.92 Å². The maximum Gasteiger partial charge on any atom is 0.329 e. The van der Waals surface area contributed by atoms with Crippen LogP contribution in [0.4, 0.5) is 11.4 Å². The number of rotatable bonds is 5. The number of benzene rings is 1. The number of nitrogens with zero attached hydrogens (tertiary/aromatic N) is 4. The molecule has 1 aromatic heterocycles. The van der Waals surface area contributed by atoms with Gasteiger partial charge in [0, 0.05) is 18.2 Å². The van der Waals surface area contributed by atoms with Crippen molar-refractivity contribution in [3.63, 3.8) is 0 Å². The first-order valence-corrected chi connectivity index (χ1v) is 7.76. The molecule has 10 heteroatoms. The van der Waals surface area contributed by atoms with Gasteiger partial charge in [0.1, 0.15) is 5.75 Å². The van der Waals surface area contributed by atoms with Crippen LogP contribution < -0.4 is 14.5 Å². The molecule has 138 valence electrons. The molecule has 1 aromatic carbocycles. The third-order valence-electron chi connectivity index (χ3n) is 3.81. The summed E-state index contributed by atoms with van der Waals surface area (Å²) >= 11 is 0. The Labute approximate surface area is 153 Å². The monoisotopic (exact) mass is 370 g/mol. The van der Waals surface area contributed by atoms with Gasteiger partial charge in [-0.1, -0.05) is 0 Å². The summed E-state index contributed by atoms with van der Waals surface area (Å²) < 4.78 is 10.1. The van der Waals surface area contributed by atoms with E-state index in [4.69, 9.17) is 9.47 Å². The van der Waals surface area contributed by atoms with Crippen LogP contribution in [0.2, 0.25) is 0 Å². The largest absolute Gasteiger partial charge is 0.481 e. The minimum Gasteiger partial charge on any atom is -0.481 e. The number of hydrazone groups is 1.